The van der Waals surface area contributed by atoms with Gasteiger partial charge in [0.05, 0.1) is 18.2 Å². The minimum Gasteiger partial charge on any atom is -0.507 e. The number of hydrogen-bond acceptors (Lipinski definition) is 6. The summed E-state index contributed by atoms with van der Waals surface area (Å²) in [6.07, 6.45) is 4.08. The van der Waals surface area contributed by atoms with Crippen LogP contribution in [0.25, 0.3) is 5.76 Å². The molecule has 1 aliphatic rings. The fraction of sp³-hybridized carbons (Fsp3) is 0.348. The SMILES string of the molecule is CCCOc1cccc(C(O)=C2C(=O)C(=O)N(CCN(C)C)[C@H]2c2ccncc2)c1. The first-order valence-corrected chi connectivity index (χ1v) is 10.00. The average Bonchev–Trinajstić information content (AvgIpc) is 3.01. The van der Waals surface area contributed by atoms with Crippen molar-refractivity contribution < 1.29 is 19.4 Å². The number of Topliss-reactive ketones (excluding diaryl/α,β-unsaturated/α-hetero) is 1. The van der Waals surface area contributed by atoms with Crippen LogP contribution in [0, 0.1) is 0 Å². The second kappa shape index (κ2) is 9.54. The molecule has 0 spiro atoms. The van der Waals surface area contributed by atoms with Crippen LogP contribution in [0.1, 0.15) is 30.5 Å². The molecule has 0 bridgehead atoms. The Labute approximate surface area is 176 Å². The number of carbonyl (C=O) groups is 2. The summed E-state index contributed by atoms with van der Waals surface area (Å²) in [4.78, 5) is 33.3. The van der Waals surface area contributed by atoms with E-state index in [1.165, 1.54) is 4.90 Å². The van der Waals surface area contributed by atoms with Crippen LogP contribution in [0.4, 0.5) is 0 Å². The number of benzene rings is 1. The number of rotatable bonds is 8. The Morgan fingerprint density at radius 2 is 1.93 bits per heavy atom. The van der Waals surface area contributed by atoms with E-state index in [1.807, 2.05) is 25.9 Å². The number of nitrogens with zero attached hydrogens (tertiary/aromatic N) is 3. The van der Waals surface area contributed by atoms with Crippen molar-refractivity contribution in [3.63, 3.8) is 0 Å². The lowest BCUT2D eigenvalue weighted by Crippen LogP contribution is -2.35. The predicted octanol–water partition coefficient (Wildman–Crippen LogP) is 2.85. The highest BCUT2D eigenvalue weighted by Crippen LogP contribution is 2.39. The molecule has 0 aliphatic carbocycles. The zero-order valence-electron chi connectivity index (χ0n) is 17.5. The maximum atomic E-state index is 12.9. The molecule has 1 saturated heterocycles. The second-order valence-electron chi connectivity index (χ2n) is 7.45. The van der Waals surface area contributed by atoms with Crippen molar-refractivity contribution in [2.45, 2.75) is 19.4 Å². The van der Waals surface area contributed by atoms with Gasteiger partial charge in [0.15, 0.2) is 0 Å². The Bertz CT molecular complexity index is 940. The van der Waals surface area contributed by atoms with Gasteiger partial charge >= 0.3 is 0 Å². The van der Waals surface area contributed by atoms with E-state index in [4.69, 9.17) is 4.74 Å². The number of carbonyl (C=O) groups excluding carboxylic acids is 2. The van der Waals surface area contributed by atoms with Crippen LogP contribution < -0.4 is 4.74 Å². The zero-order valence-corrected chi connectivity index (χ0v) is 17.5. The number of aromatic nitrogens is 1. The van der Waals surface area contributed by atoms with Crippen molar-refractivity contribution in [1.82, 2.24) is 14.8 Å². The number of likely N-dealkylation sites (N-methyl/N-ethyl adjacent to an activating group) is 1. The molecule has 2 aromatic rings. The summed E-state index contributed by atoms with van der Waals surface area (Å²) in [5.74, 6) is -0.904. The van der Waals surface area contributed by atoms with E-state index in [-0.39, 0.29) is 11.3 Å². The number of amides is 1. The van der Waals surface area contributed by atoms with Crippen LogP contribution in [0.2, 0.25) is 0 Å². The van der Waals surface area contributed by atoms with Crippen molar-refractivity contribution in [3.05, 3.63) is 65.5 Å². The van der Waals surface area contributed by atoms with Gasteiger partial charge in [0.2, 0.25) is 0 Å². The molecule has 0 unspecified atom stereocenters. The van der Waals surface area contributed by atoms with E-state index >= 15 is 0 Å². The molecule has 1 aliphatic heterocycles. The third-order valence-electron chi connectivity index (χ3n) is 4.93. The highest BCUT2D eigenvalue weighted by molar-refractivity contribution is 6.46. The fourth-order valence-electron chi connectivity index (χ4n) is 3.42. The second-order valence-corrected chi connectivity index (χ2v) is 7.45. The molecule has 30 heavy (non-hydrogen) atoms. The molecule has 1 amide bonds. The van der Waals surface area contributed by atoms with Gasteiger partial charge in [-0.05, 0) is 50.3 Å². The Kier molecular flexibility index (Phi) is 6.84. The van der Waals surface area contributed by atoms with Crippen molar-refractivity contribution in [3.8, 4) is 5.75 Å². The van der Waals surface area contributed by atoms with Crippen LogP contribution in [0.3, 0.4) is 0 Å². The molecule has 0 radical (unpaired) electrons. The normalized spacial score (nSPS) is 18.3. The van der Waals surface area contributed by atoms with Crippen LogP contribution in [-0.4, -0.2) is 65.4 Å². The molecule has 7 nitrogen and oxygen atoms in total. The summed E-state index contributed by atoms with van der Waals surface area (Å²) >= 11 is 0. The first-order chi connectivity index (χ1) is 14.4. The van der Waals surface area contributed by atoms with Crippen molar-refractivity contribution in [2.75, 3.05) is 33.8 Å². The molecule has 1 atom stereocenters. The summed E-state index contributed by atoms with van der Waals surface area (Å²) in [5.41, 5.74) is 1.24. The summed E-state index contributed by atoms with van der Waals surface area (Å²) in [6.45, 7) is 3.51. The highest BCUT2D eigenvalue weighted by atomic mass is 16.5. The van der Waals surface area contributed by atoms with Crippen molar-refractivity contribution >= 4 is 17.4 Å². The minimum absolute atomic E-state index is 0.0811. The first kappa shape index (κ1) is 21.5. The molecule has 1 aromatic carbocycles. The van der Waals surface area contributed by atoms with E-state index in [0.717, 1.165) is 12.0 Å². The van der Waals surface area contributed by atoms with Gasteiger partial charge in [0.25, 0.3) is 11.7 Å². The molecular formula is C23H27N3O4. The number of aliphatic hydroxyl groups is 1. The maximum Gasteiger partial charge on any atom is 0.295 e. The van der Waals surface area contributed by atoms with E-state index in [0.29, 0.717) is 31.0 Å². The Hall–Kier alpha value is -3.19. The van der Waals surface area contributed by atoms with E-state index in [2.05, 4.69) is 4.98 Å². The van der Waals surface area contributed by atoms with Gasteiger partial charge in [-0.2, -0.15) is 0 Å². The molecule has 0 saturated carbocycles. The number of ether oxygens (including phenoxy) is 1. The lowest BCUT2D eigenvalue weighted by atomic mass is 9.96. The van der Waals surface area contributed by atoms with Crippen LogP contribution in [-0.2, 0) is 9.59 Å². The predicted molar refractivity (Wildman–Crippen MR) is 114 cm³/mol. The number of hydrogen-bond donors (Lipinski definition) is 1. The van der Waals surface area contributed by atoms with Gasteiger partial charge in [-0.25, -0.2) is 0 Å². The summed E-state index contributed by atoms with van der Waals surface area (Å²) in [6, 6.07) is 9.77. The van der Waals surface area contributed by atoms with Crippen molar-refractivity contribution in [2.24, 2.45) is 0 Å². The lowest BCUT2D eigenvalue weighted by molar-refractivity contribution is -0.140. The topological polar surface area (TPSA) is 83.0 Å². The van der Waals surface area contributed by atoms with Gasteiger partial charge in [-0.15, -0.1) is 0 Å². The standard InChI is InChI=1S/C23H27N3O4/c1-4-14-30-18-7-5-6-17(15-18)21(27)19-20(16-8-10-24-11-9-16)26(13-12-25(2)3)23(29)22(19)28/h5-11,15,20,27H,4,12-14H2,1-3H3/t20-/m0/s1. The van der Waals surface area contributed by atoms with E-state index < -0.39 is 17.7 Å². The first-order valence-electron chi connectivity index (χ1n) is 10.00. The summed E-state index contributed by atoms with van der Waals surface area (Å²) in [5, 5.41) is 11.1. The van der Waals surface area contributed by atoms with Gasteiger partial charge < -0.3 is 19.6 Å². The zero-order chi connectivity index (χ0) is 21.7. The van der Waals surface area contributed by atoms with Gasteiger partial charge in [0.1, 0.15) is 11.5 Å². The average molecular weight is 409 g/mol. The van der Waals surface area contributed by atoms with Gasteiger partial charge in [0, 0.05) is 31.0 Å². The largest absolute Gasteiger partial charge is 0.507 e. The van der Waals surface area contributed by atoms with Gasteiger partial charge in [-0.1, -0.05) is 19.1 Å². The molecular weight excluding hydrogens is 382 g/mol. The van der Waals surface area contributed by atoms with Gasteiger partial charge in [-0.3, -0.25) is 14.6 Å². The Morgan fingerprint density at radius 3 is 2.60 bits per heavy atom. The Balaban J connectivity index is 2.07. The molecule has 1 aromatic heterocycles. The van der Waals surface area contributed by atoms with Crippen molar-refractivity contribution in [1.29, 1.82) is 0 Å². The quantitative estimate of drug-likeness (QED) is 0.410. The van der Waals surface area contributed by atoms with E-state index in [9.17, 15) is 14.7 Å². The third kappa shape index (κ3) is 4.52. The molecule has 158 valence electrons. The molecule has 7 heteroatoms. The Morgan fingerprint density at radius 1 is 1.20 bits per heavy atom. The minimum atomic E-state index is -0.687. The van der Waals surface area contributed by atoms with Crippen LogP contribution in [0.15, 0.2) is 54.4 Å². The smallest absolute Gasteiger partial charge is 0.295 e. The number of aliphatic hydroxyl groups excluding tert-OH is 1. The number of likely N-dealkylation sites (tertiary alicyclic amines) is 1. The molecule has 1 fully saturated rings. The maximum absolute atomic E-state index is 12.9. The number of pyridine rings is 1. The lowest BCUT2D eigenvalue weighted by Gasteiger charge is -2.26. The third-order valence-corrected chi connectivity index (χ3v) is 4.93. The van der Waals surface area contributed by atoms with Crippen LogP contribution in [0.5, 0.6) is 5.75 Å². The highest BCUT2D eigenvalue weighted by Gasteiger charge is 2.45. The summed E-state index contributed by atoms with van der Waals surface area (Å²) in [7, 11) is 3.81. The molecule has 1 N–H and O–H groups in total. The molecule has 2 heterocycles. The monoisotopic (exact) mass is 409 g/mol. The molecule has 3 rings (SSSR count). The van der Waals surface area contributed by atoms with E-state index in [1.54, 1.807) is 48.8 Å². The van der Waals surface area contributed by atoms with Crippen LogP contribution >= 0.6 is 0 Å². The number of ketones is 1. The summed E-state index contributed by atoms with van der Waals surface area (Å²) < 4.78 is 5.64. The fourth-order valence-corrected chi connectivity index (χ4v) is 3.42.